The molecule has 0 aliphatic heterocycles. The number of hydrogen-bond donors (Lipinski definition) is 0. The van der Waals surface area contributed by atoms with Gasteiger partial charge in [-0.25, -0.2) is 19.6 Å². The molecule has 0 aromatic carbocycles. The van der Waals surface area contributed by atoms with Gasteiger partial charge in [0, 0.05) is 16.0 Å². The minimum Gasteiger partial charge on any atom is -0.464 e. The van der Waals surface area contributed by atoms with Crippen molar-refractivity contribution in [2.45, 2.75) is 31.8 Å². The quantitative estimate of drug-likeness (QED) is 0.362. The second-order valence-corrected chi connectivity index (χ2v) is 7.41. The van der Waals surface area contributed by atoms with Gasteiger partial charge in [0.25, 0.3) is 0 Å². The summed E-state index contributed by atoms with van der Waals surface area (Å²) in [5.74, 6) is 0.411. The van der Waals surface area contributed by atoms with Crippen LogP contribution in [0.5, 0.6) is 0 Å². The summed E-state index contributed by atoms with van der Waals surface area (Å²) in [6.45, 7) is 4.98. The number of aryl methyl sites for hydroxylation is 2. The van der Waals surface area contributed by atoms with Crippen LogP contribution in [0.1, 0.15) is 16.9 Å². The molecule has 0 atom stereocenters. The Kier molecular flexibility index (Phi) is 5.41. The van der Waals surface area contributed by atoms with Crippen molar-refractivity contribution in [1.82, 2.24) is 24.7 Å². The molecule has 0 unspecified atom stereocenters. The number of carbonyl (C=O) groups is 1. The SMILES string of the molecule is Cc1sc2ncnc(SCCC(=O)OCCn3cncn3)c2c1C. The molecule has 3 aromatic rings. The number of aromatic nitrogens is 5. The zero-order chi connectivity index (χ0) is 16.9. The van der Waals surface area contributed by atoms with Crippen LogP contribution in [0.3, 0.4) is 0 Å². The van der Waals surface area contributed by atoms with Crippen LogP contribution in [0.2, 0.25) is 0 Å². The molecular weight excluding hydrogens is 346 g/mol. The highest BCUT2D eigenvalue weighted by molar-refractivity contribution is 7.99. The summed E-state index contributed by atoms with van der Waals surface area (Å²) < 4.78 is 6.82. The highest BCUT2D eigenvalue weighted by Crippen LogP contribution is 2.34. The van der Waals surface area contributed by atoms with E-state index >= 15 is 0 Å². The highest BCUT2D eigenvalue weighted by atomic mass is 32.2. The molecule has 0 N–H and O–H groups in total. The lowest BCUT2D eigenvalue weighted by Crippen LogP contribution is -2.12. The van der Waals surface area contributed by atoms with Crippen LogP contribution in [0.4, 0.5) is 0 Å². The Morgan fingerprint density at radius 2 is 2.21 bits per heavy atom. The number of esters is 1. The number of rotatable bonds is 7. The first-order valence-corrected chi connectivity index (χ1v) is 9.27. The molecule has 0 saturated carbocycles. The fraction of sp³-hybridized carbons (Fsp3) is 0.400. The second-order valence-electron chi connectivity index (χ2n) is 5.12. The predicted molar refractivity (Wildman–Crippen MR) is 93.2 cm³/mol. The van der Waals surface area contributed by atoms with Gasteiger partial charge in [0.1, 0.15) is 35.4 Å². The molecular formula is C15H17N5O2S2. The van der Waals surface area contributed by atoms with Crippen LogP contribution < -0.4 is 0 Å². The molecule has 0 saturated heterocycles. The molecule has 0 fully saturated rings. The molecule has 3 heterocycles. The Hall–Kier alpha value is -2.00. The van der Waals surface area contributed by atoms with E-state index in [2.05, 4.69) is 33.9 Å². The van der Waals surface area contributed by atoms with Crippen molar-refractivity contribution in [2.24, 2.45) is 0 Å². The number of hydrogen-bond acceptors (Lipinski definition) is 8. The Morgan fingerprint density at radius 3 is 3.00 bits per heavy atom. The van der Waals surface area contributed by atoms with Crippen molar-refractivity contribution in [1.29, 1.82) is 0 Å². The average molecular weight is 363 g/mol. The maximum atomic E-state index is 11.8. The first kappa shape index (κ1) is 16.8. The van der Waals surface area contributed by atoms with E-state index < -0.39 is 0 Å². The van der Waals surface area contributed by atoms with Crippen LogP contribution in [-0.2, 0) is 16.1 Å². The van der Waals surface area contributed by atoms with Crippen LogP contribution >= 0.6 is 23.1 Å². The van der Waals surface area contributed by atoms with Gasteiger partial charge in [0.15, 0.2) is 0 Å². The van der Waals surface area contributed by atoms with Gasteiger partial charge >= 0.3 is 5.97 Å². The number of ether oxygens (including phenoxy) is 1. The lowest BCUT2D eigenvalue weighted by Gasteiger charge is -2.05. The molecule has 0 spiro atoms. The van der Waals surface area contributed by atoms with Gasteiger partial charge in [-0.05, 0) is 19.4 Å². The minimum atomic E-state index is -0.217. The van der Waals surface area contributed by atoms with Gasteiger partial charge in [-0.1, -0.05) is 0 Å². The van der Waals surface area contributed by atoms with Crippen LogP contribution in [0.25, 0.3) is 10.2 Å². The largest absolute Gasteiger partial charge is 0.464 e. The fourth-order valence-electron chi connectivity index (χ4n) is 2.16. The second kappa shape index (κ2) is 7.71. The molecule has 24 heavy (non-hydrogen) atoms. The molecule has 0 radical (unpaired) electrons. The van der Waals surface area contributed by atoms with Gasteiger partial charge in [0.05, 0.1) is 13.0 Å². The summed E-state index contributed by atoms with van der Waals surface area (Å²) in [6.07, 6.45) is 4.97. The van der Waals surface area contributed by atoms with Gasteiger partial charge in [-0.15, -0.1) is 23.1 Å². The fourth-order valence-corrected chi connectivity index (χ4v) is 4.20. The molecule has 0 aliphatic carbocycles. The topological polar surface area (TPSA) is 82.8 Å². The summed E-state index contributed by atoms with van der Waals surface area (Å²) in [4.78, 5) is 26.5. The van der Waals surface area contributed by atoms with Gasteiger partial charge in [0.2, 0.25) is 0 Å². The van der Waals surface area contributed by atoms with Crippen molar-refractivity contribution in [3.05, 3.63) is 29.4 Å². The van der Waals surface area contributed by atoms with Crippen LogP contribution in [0, 0.1) is 13.8 Å². The van der Waals surface area contributed by atoms with Gasteiger partial charge < -0.3 is 4.74 Å². The Bertz CT molecular complexity index is 832. The molecule has 0 amide bonds. The predicted octanol–water partition coefficient (Wildman–Crippen LogP) is 2.63. The van der Waals surface area contributed by atoms with Crippen molar-refractivity contribution >= 4 is 39.3 Å². The normalized spacial score (nSPS) is 11.1. The zero-order valence-corrected chi connectivity index (χ0v) is 15.1. The number of fused-ring (bicyclic) bond motifs is 1. The summed E-state index contributed by atoms with van der Waals surface area (Å²) in [5.41, 5.74) is 1.22. The highest BCUT2D eigenvalue weighted by Gasteiger charge is 2.13. The summed E-state index contributed by atoms with van der Waals surface area (Å²) in [7, 11) is 0. The average Bonchev–Trinajstić information content (AvgIpc) is 3.17. The smallest absolute Gasteiger partial charge is 0.306 e. The lowest BCUT2D eigenvalue weighted by atomic mass is 10.2. The van der Waals surface area contributed by atoms with E-state index in [-0.39, 0.29) is 5.97 Å². The molecule has 0 aliphatic rings. The molecule has 7 nitrogen and oxygen atoms in total. The van der Waals surface area contributed by atoms with Crippen molar-refractivity contribution in [2.75, 3.05) is 12.4 Å². The van der Waals surface area contributed by atoms with E-state index in [1.165, 1.54) is 16.8 Å². The zero-order valence-electron chi connectivity index (χ0n) is 13.4. The third-order valence-corrected chi connectivity index (χ3v) is 5.63. The molecule has 3 aromatic heterocycles. The Labute approximate surface area is 147 Å². The Balaban J connectivity index is 1.48. The van der Waals surface area contributed by atoms with E-state index in [0.717, 1.165) is 15.2 Å². The maximum absolute atomic E-state index is 11.8. The summed E-state index contributed by atoms with van der Waals surface area (Å²) in [6, 6.07) is 0. The maximum Gasteiger partial charge on any atom is 0.306 e. The number of nitrogens with zero attached hydrogens (tertiary/aromatic N) is 5. The van der Waals surface area contributed by atoms with E-state index in [9.17, 15) is 4.79 Å². The van der Waals surface area contributed by atoms with E-state index in [1.807, 2.05) is 0 Å². The number of thioether (sulfide) groups is 1. The van der Waals surface area contributed by atoms with Crippen molar-refractivity contribution in [3.8, 4) is 0 Å². The van der Waals surface area contributed by atoms with E-state index in [4.69, 9.17) is 4.74 Å². The summed E-state index contributed by atoms with van der Waals surface area (Å²) in [5, 5.41) is 5.98. The lowest BCUT2D eigenvalue weighted by molar-refractivity contribution is -0.143. The van der Waals surface area contributed by atoms with E-state index in [1.54, 1.807) is 40.4 Å². The first-order valence-electron chi connectivity index (χ1n) is 7.46. The molecule has 126 valence electrons. The van der Waals surface area contributed by atoms with Crippen LogP contribution in [-0.4, -0.2) is 43.1 Å². The summed E-state index contributed by atoms with van der Waals surface area (Å²) >= 11 is 3.24. The van der Waals surface area contributed by atoms with Crippen LogP contribution in [0.15, 0.2) is 24.0 Å². The minimum absolute atomic E-state index is 0.217. The van der Waals surface area contributed by atoms with Gasteiger partial charge in [-0.2, -0.15) is 5.10 Å². The molecule has 0 bridgehead atoms. The third kappa shape index (κ3) is 3.90. The third-order valence-electron chi connectivity index (χ3n) is 3.53. The number of thiophene rings is 1. The Morgan fingerprint density at radius 1 is 1.33 bits per heavy atom. The van der Waals surface area contributed by atoms with Crippen molar-refractivity contribution in [3.63, 3.8) is 0 Å². The first-order chi connectivity index (χ1) is 11.6. The molecule has 9 heteroatoms. The van der Waals surface area contributed by atoms with Crippen molar-refractivity contribution < 1.29 is 9.53 Å². The van der Waals surface area contributed by atoms with Gasteiger partial charge in [-0.3, -0.25) is 4.79 Å². The van der Waals surface area contributed by atoms with E-state index in [0.29, 0.717) is 25.3 Å². The number of carbonyl (C=O) groups excluding carboxylic acids is 1. The standard InChI is InChI=1S/C15H17N5O2S2/c1-10-11(2)24-15-13(10)14(17-8-18-15)23-6-3-12(21)22-5-4-20-9-16-7-19-20/h7-9H,3-6H2,1-2H3. The monoisotopic (exact) mass is 363 g/mol. The molecule has 3 rings (SSSR count).